The molecule has 16 nitrogen and oxygen atoms in total. The van der Waals surface area contributed by atoms with E-state index in [0.717, 1.165) is 0 Å². The molecule has 0 aliphatic heterocycles. The number of primary amides is 2. The normalized spacial score (nSPS) is 14.6. The Morgan fingerprint density at radius 2 is 1.29 bits per heavy atom. The minimum atomic E-state index is -1.63. The third kappa shape index (κ3) is 13.5. The molecule has 0 aliphatic rings. The Bertz CT molecular complexity index is 878. The van der Waals surface area contributed by atoms with Crippen LogP contribution < -0.4 is 38.5 Å². The summed E-state index contributed by atoms with van der Waals surface area (Å²) >= 11 is 5.41. The molecule has 18 heteroatoms. The highest BCUT2D eigenvalue weighted by molar-refractivity contribution is 7.98. The molecule has 0 unspecified atom stereocenters. The zero-order valence-corrected chi connectivity index (χ0v) is 22.4. The van der Waals surface area contributed by atoms with Gasteiger partial charge in [-0.3, -0.25) is 28.8 Å². The fourth-order valence-corrected chi connectivity index (χ4v) is 3.56. The van der Waals surface area contributed by atoms with Crippen LogP contribution >= 0.6 is 24.4 Å². The number of hydrogen-bond donors (Lipinski definition) is 10. The summed E-state index contributed by atoms with van der Waals surface area (Å²) in [5, 5.41) is 27.6. The maximum absolute atomic E-state index is 12.8. The van der Waals surface area contributed by atoms with Crippen LogP contribution in [0.15, 0.2) is 0 Å². The average Bonchev–Trinajstić information content (AvgIpc) is 2.84. The first-order chi connectivity index (χ1) is 17.8. The zero-order valence-electron chi connectivity index (χ0n) is 20.7. The lowest BCUT2D eigenvalue weighted by Crippen LogP contribution is -2.60. The SMILES string of the molecule is CSCC[C@H](N)C(=O)N[C@@H](CO)C(=O)N[C@@H](CC(N)=O)C(=O)N[C@@H](CS)C(=O)N[C@@H](CCC(N)=O)C(=O)O. The molecule has 5 atom stereocenters. The van der Waals surface area contributed by atoms with Gasteiger partial charge < -0.3 is 48.7 Å². The first-order valence-corrected chi connectivity index (χ1v) is 13.3. The molecule has 0 radical (unpaired) electrons. The van der Waals surface area contributed by atoms with E-state index in [-0.39, 0.29) is 18.6 Å². The molecule has 0 rings (SSSR count). The molecule has 0 spiro atoms. The van der Waals surface area contributed by atoms with E-state index >= 15 is 0 Å². The van der Waals surface area contributed by atoms with Crippen LogP contribution in [0.1, 0.15) is 25.7 Å². The standard InChI is InChI=1S/C20H35N7O9S2/c1-38-5-4-9(21)16(31)26-12(7-28)18(33)25-11(6-15(23)30)17(32)27-13(8-37)19(34)24-10(20(35)36)2-3-14(22)29/h9-13,28,37H,2-8,21H2,1H3,(H2,22,29)(H2,23,30)(H,24,34)(H,25,33)(H,26,31)(H,27,32)(H,35,36)/t9-,10-,11-,12-,13-/m0/s1. The number of carboxylic acids is 1. The monoisotopic (exact) mass is 581 g/mol. The van der Waals surface area contributed by atoms with E-state index in [0.29, 0.717) is 12.2 Å². The van der Waals surface area contributed by atoms with E-state index in [4.69, 9.17) is 17.2 Å². The van der Waals surface area contributed by atoms with Crippen LogP contribution in [0.5, 0.6) is 0 Å². The first kappa shape index (κ1) is 34.9. The van der Waals surface area contributed by atoms with Crippen LogP contribution in [0.25, 0.3) is 0 Å². The maximum Gasteiger partial charge on any atom is 0.326 e. The number of carbonyl (C=O) groups is 7. The quantitative estimate of drug-likeness (QED) is 0.0645. The lowest BCUT2D eigenvalue weighted by atomic mass is 10.1. The molecule has 0 aromatic heterocycles. The number of carbonyl (C=O) groups excluding carboxylic acids is 6. The molecule has 0 saturated carbocycles. The van der Waals surface area contributed by atoms with Gasteiger partial charge in [0.15, 0.2) is 0 Å². The fraction of sp³-hybridized carbons (Fsp3) is 0.650. The van der Waals surface area contributed by atoms with E-state index in [1.54, 1.807) is 0 Å². The average molecular weight is 582 g/mol. The molecule has 0 aromatic rings. The van der Waals surface area contributed by atoms with E-state index in [2.05, 4.69) is 33.9 Å². The molecule has 216 valence electrons. The summed E-state index contributed by atoms with van der Waals surface area (Å²) in [7, 11) is 0. The van der Waals surface area contributed by atoms with Gasteiger partial charge in [-0.2, -0.15) is 24.4 Å². The van der Waals surface area contributed by atoms with Crippen LogP contribution in [0.3, 0.4) is 0 Å². The molecule has 0 bridgehead atoms. The Morgan fingerprint density at radius 3 is 1.76 bits per heavy atom. The van der Waals surface area contributed by atoms with Crippen LogP contribution in [0.4, 0.5) is 0 Å². The highest BCUT2D eigenvalue weighted by Crippen LogP contribution is 2.02. The van der Waals surface area contributed by atoms with Crippen molar-refractivity contribution in [1.82, 2.24) is 21.3 Å². The van der Waals surface area contributed by atoms with E-state index in [1.165, 1.54) is 11.8 Å². The van der Waals surface area contributed by atoms with Crippen LogP contribution in [-0.2, 0) is 33.6 Å². The number of nitrogens with one attached hydrogen (secondary N) is 4. The summed E-state index contributed by atoms with van der Waals surface area (Å²) < 4.78 is 0. The minimum absolute atomic E-state index is 0.303. The number of aliphatic hydroxyl groups is 1. The summed E-state index contributed by atoms with van der Waals surface area (Å²) in [4.78, 5) is 83.9. The van der Waals surface area contributed by atoms with Gasteiger partial charge in [0.2, 0.25) is 35.4 Å². The number of rotatable bonds is 19. The van der Waals surface area contributed by atoms with Crippen molar-refractivity contribution in [3.8, 4) is 0 Å². The number of aliphatic hydroxyl groups excluding tert-OH is 1. The summed E-state index contributed by atoms with van der Waals surface area (Å²) in [5.41, 5.74) is 15.9. The van der Waals surface area contributed by atoms with Crippen molar-refractivity contribution < 1.29 is 43.8 Å². The smallest absolute Gasteiger partial charge is 0.326 e. The van der Waals surface area contributed by atoms with Gasteiger partial charge in [-0.05, 0) is 24.9 Å². The van der Waals surface area contributed by atoms with Gasteiger partial charge >= 0.3 is 5.97 Å². The van der Waals surface area contributed by atoms with Crippen LogP contribution in [0, 0.1) is 0 Å². The van der Waals surface area contributed by atoms with Crippen molar-refractivity contribution in [2.75, 3.05) is 24.4 Å². The lowest BCUT2D eigenvalue weighted by molar-refractivity contribution is -0.142. The third-order valence-electron chi connectivity index (χ3n) is 4.93. The minimum Gasteiger partial charge on any atom is -0.480 e. The molecular formula is C20H35N7O9S2. The summed E-state index contributed by atoms with van der Waals surface area (Å²) in [5.74, 6) is -6.78. The molecule has 0 fully saturated rings. The Balaban J connectivity index is 5.42. The van der Waals surface area contributed by atoms with Crippen molar-refractivity contribution in [1.29, 1.82) is 0 Å². The Kier molecular flexibility index (Phi) is 16.7. The largest absolute Gasteiger partial charge is 0.480 e. The molecular weight excluding hydrogens is 546 g/mol. The molecule has 0 heterocycles. The molecule has 38 heavy (non-hydrogen) atoms. The van der Waals surface area contributed by atoms with Crippen molar-refractivity contribution in [2.45, 2.75) is 55.9 Å². The van der Waals surface area contributed by atoms with Gasteiger partial charge in [-0.15, -0.1) is 0 Å². The number of nitrogens with two attached hydrogens (primary N) is 3. The number of aliphatic carboxylic acids is 1. The number of thioether (sulfide) groups is 1. The van der Waals surface area contributed by atoms with Crippen molar-refractivity contribution in [3.63, 3.8) is 0 Å². The topological polar surface area (TPSA) is 286 Å². The Morgan fingerprint density at radius 1 is 0.789 bits per heavy atom. The molecule has 12 N–H and O–H groups in total. The highest BCUT2D eigenvalue weighted by Gasteiger charge is 2.32. The summed E-state index contributed by atoms with van der Waals surface area (Å²) in [6.07, 6.45) is 0.771. The van der Waals surface area contributed by atoms with Crippen LogP contribution in [-0.4, -0.2) is 106 Å². The molecule has 0 aliphatic carbocycles. The second-order valence-corrected chi connectivity index (χ2v) is 9.36. The summed E-state index contributed by atoms with van der Waals surface area (Å²) in [6, 6.07) is -7.02. The van der Waals surface area contributed by atoms with Gasteiger partial charge in [0.1, 0.15) is 24.2 Å². The first-order valence-electron chi connectivity index (χ1n) is 11.2. The second-order valence-electron chi connectivity index (χ2n) is 8.01. The molecule has 0 saturated heterocycles. The number of amides is 6. The van der Waals surface area contributed by atoms with Crippen molar-refractivity contribution in [3.05, 3.63) is 0 Å². The van der Waals surface area contributed by atoms with Gasteiger partial charge in [0.25, 0.3) is 0 Å². The maximum atomic E-state index is 12.8. The predicted octanol–water partition coefficient (Wildman–Crippen LogP) is -4.85. The van der Waals surface area contributed by atoms with Gasteiger partial charge in [0, 0.05) is 12.2 Å². The van der Waals surface area contributed by atoms with E-state index in [9.17, 15) is 43.8 Å². The number of carboxylic acid groups (broad SMARTS) is 1. The van der Waals surface area contributed by atoms with E-state index < -0.39 is 84.6 Å². The Hall–Kier alpha value is -3.09. The highest BCUT2D eigenvalue weighted by atomic mass is 32.2. The second kappa shape index (κ2) is 18.2. The third-order valence-corrected chi connectivity index (χ3v) is 5.94. The lowest BCUT2D eigenvalue weighted by Gasteiger charge is -2.25. The fourth-order valence-electron chi connectivity index (χ4n) is 2.81. The van der Waals surface area contributed by atoms with Gasteiger partial charge in [-0.25, -0.2) is 4.79 Å². The van der Waals surface area contributed by atoms with Gasteiger partial charge in [-0.1, -0.05) is 0 Å². The number of thiol groups is 1. The zero-order chi connectivity index (χ0) is 29.4. The van der Waals surface area contributed by atoms with Gasteiger partial charge in [0.05, 0.1) is 19.1 Å². The van der Waals surface area contributed by atoms with Crippen LogP contribution in [0.2, 0.25) is 0 Å². The Labute approximate surface area is 228 Å². The number of hydrogen-bond acceptors (Lipinski definition) is 11. The van der Waals surface area contributed by atoms with Crippen molar-refractivity contribution in [2.24, 2.45) is 17.2 Å². The predicted molar refractivity (Wildman–Crippen MR) is 140 cm³/mol. The summed E-state index contributed by atoms with van der Waals surface area (Å²) in [6.45, 7) is -0.860. The molecule has 0 aromatic carbocycles. The molecule has 6 amide bonds. The van der Waals surface area contributed by atoms with E-state index in [1.807, 2.05) is 6.26 Å². The van der Waals surface area contributed by atoms with Crippen molar-refractivity contribution >= 4 is 65.8 Å².